The number of benzene rings is 3. The lowest BCUT2D eigenvalue weighted by Gasteiger charge is -2.28. The van der Waals surface area contributed by atoms with Gasteiger partial charge in [0.15, 0.2) is 0 Å². The SMILES string of the molecule is CN1c2ccccc2C(c2ccccc2)=NCC1CNC(=O)c1ccccc1O. The number of hydrogen-bond donors (Lipinski definition) is 2. The van der Waals surface area contributed by atoms with Crippen LogP contribution in [0.3, 0.4) is 0 Å². The Morgan fingerprint density at radius 3 is 2.52 bits per heavy atom. The van der Waals surface area contributed by atoms with E-state index in [2.05, 4.69) is 34.5 Å². The van der Waals surface area contributed by atoms with Crippen molar-refractivity contribution in [3.63, 3.8) is 0 Å². The average Bonchev–Trinajstić information content (AvgIpc) is 2.90. The number of fused-ring (bicyclic) bond motifs is 1. The Bertz CT molecular complexity index is 1050. The molecule has 1 unspecified atom stereocenters. The summed E-state index contributed by atoms with van der Waals surface area (Å²) in [5.41, 5.74) is 4.47. The van der Waals surface area contributed by atoms with Crippen LogP contribution in [0.5, 0.6) is 5.75 Å². The second kappa shape index (κ2) is 8.19. The minimum atomic E-state index is -0.290. The molecule has 1 aliphatic rings. The van der Waals surface area contributed by atoms with E-state index in [1.165, 1.54) is 6.07 Å². The van der Waals surface area contributed by atoms with E-state index in [1.54, 1.807) is 18.2 Å². The normalized spacial score (nSPS) is 15.8. The van der Waals surface area contributed by atoms with Crippen LogP contribution in [-0.2, 0) is 0 Å². The molecule has 5 nitrogen and oxygen atoms in total. The van der Waals surface area contributed by atoms with Crippen molar-refractivity contribution < 1.29 is 9.90 Å². The largest absolute Gasteiger partial charge is 0.507 e. The summed E-state index contributed by atoms with van der Waals surface area (Å²) in [6.45, 7) is 0.972. The number of hydrogen-bond acceptors (Lipinski definition) is 4. The Morgan fingerprint density at radius 2 is 1.72 bits per heavy atom. The molecule has 3 aromatic carbocycles. The molecule has 1 heterocycles. The predicted molar refractivity (Wildman–Crippen MR) is 116 cm³/mol. The minimum Gasteiger partial charge on any atom is -0.507 e. The second-order valence-electron chi connectivity index (χ2n) is 7.06. The molecule has 4 rings (SSSR count). The highest BCUT2D eigenvalue weighted by molar-refractivity contribution is 6.16. The van der Waals surface area contributed by atoms with Gasteiger partial charge in [-0.2, -0.15) is 0 Å². The molecule has 1 aliphatic heterocycles. The number of aromatic hydroxyl groups is 1. The van der Waals surface area contributed by atoms with Gasteiger partial charge in [0.05, 0.1) is 23.9 Å². The molecule has 0 radical (unpaired) electrons. The Balaban J connectivity index is 1.59. The molecule has 0 aromatic heterocycles. The van der Waals surface area contributed by atoms with Crippen molar-refractivity contribution in [2.24, 2.45) is 4.99 Å². The smallest absolute Gasteiger partial charge is 0.255 e. The van der Waals surface area contributed by atoms with Gasteiger partial charge in [0.25, 0.3) is 5.91 Å². The fourth-order valence-electron chi connectivity index (χ4n) is 3.60. The summed E-state index contributed by atoms with van der Waals surface area (Å²) < 4.78 is 0. The second-order valence-corrected chi connectivity index (χ2v) is 7.06. The number of rotatable bonds is 4. The van der Waals surface area contributed by atoms with Crippen LogP contribution in [0, 0.1) is 0 Å². The third-order valence-electron chi connectivity index (χ3n) is 5.24. The fraction of sp³-hybridized carbons (Fsp3) is 0.167. The molecule has 1 atom stereocenters. The average molecular weight is 385 g/mol. The van der Waals surface area contributed by atoms with E-state index in [0.717, 1.165) is 22.5 Å². The van der Waals surface area contributed by atoms with Crippen molar-refractivity contribution in [1.82, 2.24) is 5.32 Å². The van der Waals surface area contributed by atoms with Crippen LogP contribution in [0.4, 0.5) is 5.69 Å². The Labute approximate surface area is 170 Å². The zero-order chi connectivity index (χ0) is 20.2. The van der Waals surface area contributed by atoms with Crippen LogP contribution in [0.2, 0.25) is 0 Å². The molecule has 146 valence electrons. The number of carbonyl (C=O) groups is 1. The monoisotopic (exact) mass is 385 g/mol. The molecule has 1 amide bonds. The molecule has 0 bridgehead atoms. The van der Waals surface area contributed by atoms with Crippen molar-refractivity contribution >= 4 is 17.3 Å². The number of likely N-dealkylation sites (N-methyl/N-ethyl adjacent to an activating group) is 1. The number of phenols is 1. The van der Waals surface area contributed by atoms with Gasteiger partial charge >= 0.3 is 0 Å². The number of para-hydroxylation sites is 2. The summed E-state index contributed by atoms with van der Waals surface area (Å²) in [5.74, 6) is -0.310. The van der Waals surface area contributed by atoms with Gasteiger partial charge in [-0.25, -0.2) is 0 Å². The molecule has 2 N–H and O–H groups in total. The number of carbonyl (C=O) groups excluding carboxylic acids is 1. The van der Waals surface area contributed by atoms with E-state index < -0.39 is 0 Å². The van der Waals surface area contributed by atoms with Crippen LogP contribution in [-0.4, -0.2) is 42.9 Å². The van der Waals surface area contributed by atoms with Crippen molar-refractivity contribution in [3.05, 3.63) is 95.6 Å². The van der Waals surface area contributed by atoms with E-state index >= 15 is 0 Å². The Hall–Kier alpha value is -3.60. The van der Waals surface area contributed by atoms with Crippen molar-refractivity contribution in [1.29, 1.82) is 0 Å². The fourth-order valence-corrected chi connectivity index (χ4v) is 3.60. The maximum Gasteiger partial charge on any atom is 0.255 e. The number of benzodiazepines with no additional fused rings is 1. The van der Waals surface area contributed by atoms with Crippen LogP contribution in [0.25, 0.3) is 0 Å². The van der Waals surface area contributed by atoms with Gasteiger partial charge in [0.2, 0.25) is 0 Å². The van der Waals surface area contributed by atoms with Crippen LogP contribution in [0.15, 0.2) is 83.9 Å². The van der Waals surface area contributed by atoms with E-state index in [0.29, 0.717) is 13.1 Å². The van der Waals surface area contributed by atoms with Gasteiger partial charge in [-0.05, 0) is 18.2 Å². The predicted octanol–water partition coefficient (Wildman–Crippen LogP) is 3.48. The number of nitrogens with zero attached hydrogens (tertiary/aromatic N) is 2. The van der Waals surface area contributed by atoms with Crippen molar-refractivity contribution in [2.45, 2.75) is 6.04 Å². The van der Waals surface area contributed by atoms with E-state index in [4.69, 9.17) is 4.99 Å². The van der Waals surface area contributed by atoms with E-state index in [-0.39, 0.29) is 23.3 Å². The minimum absolute atomic E-state index is 0.00725. The number of nitrogens with one attached hydrogen (secondary N) is 1. The zero-order valence-electron chi connectivity index (χ0n) is 16.2. The standard InChI is InChI=1S/C24H23N3O2/c1-27-18(16-26-24(29)20-12-6-8-14-22(20)28)15-25-23(17-9-3-2-4-10-17)19-11-5-7-13-21(19)27/h2-14,18,28H,15-16H2,1H3,(H,26,29). The summed E-state index contributed by atoms with van der Waals surface area (Å²) >= 11 is 0. The van der Waals surface area contributed by atoms with Crippen molar-refractivity contribution in [2.75, 3.05) is 25.0 Å². The third kappa shape index (κ3) is 3.85. The van der Waals surface area contributed by atoms with Crippen molar-refractivity contribution in [3.8, 4) is 5.75 Å². The first-order valence-electron chi connectivity index (χ1n) is 9.63. The molecule has 0 saturated heterocycles. The maximum absolute atomic E-state index is 12.5. The highest BCUT2D eigenvalue weighted by Gasteiger charge is 2.24. The van der Waals surface area contributed by atoms with Gasteiger partial charge in [0, 0.05) is 30.4 Å². The van der Waals surface area contributed by atoms with E-state index in [1.807, 2.05) is 37.4 Å². The first-order valence-corrected chi connectivity index (χ1v) is 9.63. The van der Waals surface area contributed by atoms with Gasteiger partial charge in [-0.1, -0.05) is 60.7 Å². The highest BCUT2D eigenvalue weighted by atomic mass is 16.3. The molecular formula is C24H23N3O2. The topological polar surface area (TPSA) is 64.9 Å². The molecule has 3 aromatic rings. The third-order valence-corrected chi connectivity index (χ3v) is 5.24. The van der Waals surface area contributed by atoms with Crippen LogP contribution in [0.1, 0.15) is 21.5 Å². The molecule has 5 heteroatoms. The number of aliphatic imine (C=N–C) groups is 1. The van der Waals surface area contributed by atoms with Crippen LogP contribution >= 0.6 is 0 Å². The molecule has 0 saturated carbocycles. The van der Waals surface area contributed by atoms with Crippen LogP contribution < -0.4 is 10.2 Å². The molecular weight excluding hydrogens is 362 g/mol. The first-order chi connectivity index (χ1) is 14.1. The first kappa shape index (κ1) is 18.7. The molecule has 0 spiro atoms. The van der Waals surface area contributed by atoms with Gasteiger partial charge in [0.1, 0.15) is 5.75 Å². The zero-order valence-corrected chi connectivity index (χ0v) is 16.2. The van der Waals surface area contributed by atoms with Gasteiger partial charge in [-0.3, -0.25) is 9.79 Å². The molecule has 29 heavy (non-hydrogen) atoms. The Morgan fingerprint density at radius 1 is 1.03 bits per heavy atom. The number of amides is 1. The summed E-state index contributed by atoms with van der Waals surface area (Å²) in [7, 11) is 2.03. The summed E-state index contributed by atoms with van der Waals surface area (Å²) in [4.78, 5) is 19.6. The summed E-state index contributed by atoms with van der Waals surface area (Å²) in [6, 6.07) is 24.9. The molecule has 0 aliphatic carbocycles. The highest BCUT2D eigenvalue weighted by Crippen LogP contribution is 2.27. The summed E-state index contributed by atoms with van der Waals surface area (Å²) in [6.07, 6.45) is 0. The number of anilines is 1. The summed E-state index contributed by atoms with van der Waals surface area (Å²) in [5, 5.41) is 12.9. The quantitative estimate of drug-likeness (QED) is 0.723. The molecule has 0 fully saturated rings. The lowest BCUT2D eigenvalue weighted by atomic mass is 10.0. The Kier molecular flexibility index (Phi) is 5.29. The lowest BCUT2D eigenvalue weighted by Crippen LogP contribution is -2.43. The van der Waals surface area contributed by atoms with E-state index in [9.17, 15) is 9.90 Å². The van der Waals surface area contributed by atoms with Gasteiger partial charge in [-0.15, -0.1) is 0 Å². The van der Waals surface area contributed by atoms with Gasteiger partial charge < -0.3 is 15.3 Å². The number of phenolic OH excluding ortho intramolecular Hbond substituents is 1. The lowest BCUT2D eigenvalue weighted by molar-refractivity contribution is 0.0948. The maximum atomic E-state index is 12.5.